The maximum atomic E-state index is 6.32. The molecule has 0 amide bonds. The predicted octanol–water partition coefficient (Wildman–Crippen LogP) is 1.33. The van der Waals surface area contributed by atoms with E-state index < -0.39 is 10.8 Å². The van der Waals surface area contributed by atoms with Crippen LogP contribution < -0.4 is 22.9 Å². The van der Waals surface area contributed by atoms with E-state index in [4.69, 9.17) is 27.4 Å². The second kappa shape index (κ2) is 6.83. The van der Waals surface area contributed by atoms with Crippen LogP contribution in [0.25, 0.3) is 0 Å². The topological polar surface area (TPSA) is 142 Å². The molecule has 3 rings (SSSR count). The van der Waals surface area contributed by atoms with Crippen molar-refractivity contribution in [2.75, 3.05) is 0 Å². The van der Waals surface area contributed by atoms with Gasteiger partial charge in [-0.2, -0.15) is 0 Å². The minimum absolute atomic E-state index is 0.0399. The number of hydrogen-bond donors (Lipinski definition) is 4. The van der Waals surface area contributed by atoms with E-state index >= 15 is 0 Å². The zero-order valence-corrected chi connectivity index (χ0v) is 15.5. The number of nitrogens with zero attached hydrogens (tertiary/aromatic N) is 2. The van der Waals surface area contributed by atoms with Gasteiger partial charge in [0.1, 0.15) is 11.5 Å². The highest BCUT2D eigenvalue weighted by molar-refractivity contribution is 5.76. The summed E-state index contributed by atoms with van der Waals surface area (Å²) < 4.78 is 6.32. The van der Waals surface area contributed by atoms with Crippen molar-refractivity contribution in [2.45, 2.75) is 36.8 Å². The average molecular weight is 366 g/mol. The summed E-state index contributed by atoms with van der Waals surface area (Å²) in [6, 6.07) is 3.40. The second-order valence-corrected chi connectivity index (χ2v) is 7.21. The van der Waals surface area contributed by atoms with Crippen LogP contribution in [0.4, 0.5) is 0 Å². The van der Waals surface area contributed by atoms with Crippen molar-refractivity contribution in [1.29, 1.82) is 0 Å². The summed E-state index contributed by atoms with van der Waals surface area (Å²) >= 11 is 0. The number of nitrogens with two attached hydrogens (primary N) is 4. The van der Waals surface area contributed by atoms with Crippen LogP contribution in [0.15, 0.2) is 75.1 Å². The highest BCUT2D eigenvalue weighted by Crippen LogP contribution is 2.40. The van der Waals surface area contributed by atoms with Crippen LogP contribution in [0.3, 0.4) is 0 Å². The number of allylic oxidation sites excluding steroid dienone is 4. The van der Waals surface area contributed by atoms with Gasteiger partial charge in [-0.3, -0.25) is 0 Å². The maximum absolute atomic E-state index is 6.32. The fraction of sp³-hybridized carbons (Fsp3) is 0.300. The van der Waals surface area contributed by atoms with Gasteiger partial charge in [-0.05, 0) is 26.0 Å². The third-order valence-corrected chi connectivity index (χ3v) is 5.17. The molecule has 0 spiro atoms. The Kier molecular flexibility index (Phi) is 4.70. The number of rotatable bonds is 4. The van der Waals surface area contributed by atoms with E-state index in [1.54, 1.807) is 0 Å². The Hall–Kier alpha value is -3.22. The molecule has 0 bridgehead atoms. The number of aliphatic imine (C=N–C) groups is 2. The smallest absolute Gasteiger partial charge is 0.186 e. The molecule has 0 aliphatic heterocycles. The Bertz CT molecular complexity index is 812. The van der Waals surface area contributed by atoms with Crippen LogP contribution in [0.1, 0.15) is 25.4 Å². The van der Waals surface area contributed by atoms with E-state index in [2.05, 4.69) is 9.98 Å². The molecule has 0 radical (unpaired) electrons. The Morgan fingerprint density at radius 1 is 0.778 bits per heavy atom. The van der Waals surface area contributed by atoms with E-state index in [-0.39, 0.29) is 24.0 Å². The van der Waals surface area contributed by atoms with Crippen molar-refractivity contribution in [2.24, 2.45) is 32.9 Å². The van der Waals surface area contributed by atoms with Crippen LogP contribution in [0, 0.1) is 0 Å². The molecular formula is C20H26N6O. The standard InChI is InChI=1S/C20H26N6O/c1-19(11-5-3-7-13(19)25-17(21)22)15-9-10-16(27-15)20(2)12-6-4-8-14(20)26-18(23)24/h3-14H,1-2H3,(H4,21,22,25)(H4,23,24,26). The lowest BCUT2D eigenvalue weighted by molar-refractivity contribution is 0.329. The monoisotopic (exact) mass is 366 g/mol. The first kappa shape index (κ1) is 18.6. The van der Waals surface area contributed by atoms with Gasteiger partial charge in [-0.25, -0.2) is 9.98 Å². The van der Waals surface area contributed by atoms with Crippen molar-refractivity contribution >= 4 is 11.9 Å². The van der Waals surface area contributed by atoms with E-state index in [9.17, 15) is 0 Å². The normalized spacial score (nSPS) is 31.6. The van der Waals surface area contributed by atoms with Crippen molar-refractivity contribution < 1.29 is 4.42 Å². The molecule has 142 valence electrons. The highest BCUT2D eigenvalue weighted by Gasteiger charge is 2.41. The van der Waals surface area contributed by atoms with E-state index in [1.165, 1.54) is 0 Å². The molecule has 0 aromatic carbocycles. The Morgan fingerprint density at radius 2 is 1.19 bits per heavy atom. The van der Waals surface area contributed by atoms with Crippen molar-refractivity contribution in [3.8, 4) is 0 Å². The fourth-order valence-electron chi connectivity index (χ4n) is 3.49. The first-order valence-corrected chi connectivity index (χ1v) is 8.76. The number of hydrogen-bond acceptors (Lipinski definition) is 3. The molecule has 2 aliphatic carbocycles. The first-order valence-electron chi connectivity index (χ1n) is 8.76. The molecule has 1 heterocycles. The van der Waals surface area contributed by atoms with Gasteiger partial charge in [-0.1, -0.05) is 48.6 Å². The van der Waals surface area contributed by atoms with Gasteiger partial charge >= 0.3 is 0 Å². The van der Waals surface area contributed by atoms with Gasteiger partial charge in [0.05, 0.1) is 22.9 Å². The third kappa shape index (κ3) is 3.40. The Morgan fingerprint density at radius 3 is 1.56 bits per heavy atom. The van der Waals surface area contributed by atoms with E-state index in [0.717, 1.165) is 11.5 Å². The molecule has 2 aliphatic rings. The van der Waals surface area contributed by atoms with Crippen molar-refractivity contribution in [1.82, 2.24) is 0 Å². The maximum Gasteiger partial charge on any atom is 0.186 e. The van der Waals surface area contributed by atoms with Crippen LogP contribution in [0.2, 0.25) is 0 Å². The summed E-state index contributed by atoms with van der Waals surface area (Å²) in [6.07, 6.45) is 15.8. The quantitative estimate of drug-likeness (QED) is 0.470. The number of furan rings is 1. The van der Waals surface area contributed by atoms with Crippen LogP contribution in [-0.2, 0) is 10.8 Å². The lowest BCUT2D eigenvalue weighted by Gasteiger charge is -2.33. The Balaban J connectivity index is 2.01. The molecule has 27 heavy (non-hydrogen) atoms. The zero-order valence-electron chi connectivity index (χ0n) is 15.5. The largest absolute Gasteiger partial charge is 0.464 e. The van der Waals surface area contributed by atoms with Gasteiger partial charge in [0.25, 0.3) is 0 Å². The van der Waals surface area contributed by atoms with Gasteiger partial charge < -0.3 is 27.4 Å². The predicted molar refractivity (Wildman–Crippen MR) is 109 cm³/mol. The van der Waals surface area contributed by atoms with Crippen LogP contribution in [-0.4, -0.2) is 24.0 Å². The minimum Gasteiger partial charge on any atom is -0.464 e. The van der Waals surface area contributed by atoms with Crippen LogP contribution in [0.5, 0.6) is 0 Å². The fourth-order valence-corrected chi connectivity index (χ4v) is 3.49. The summed E-state index contributed by atoms with van der Waals surface area (Å²) in [7, 11) is 0. The average Bonchev–Trinajstić information content (AvgIpc) is 3.10. The van der Waals surface area contributed by atoms with E-state index in [0.29, 0.717) is 0 Å². The van der Waals surface area contributed by atoms with E-state index in [1.807, 2.05) is 74.6 Å². The molecule has 1 aromatic heterocycles. The van der Waals surface area contributed by atoms with Gasteiger partial charge in [-0.15, -0.1) is 0 Å². The highest BCUT2D eigenvalue weighted by atomic mass is 16.3. The summed E-state index contributed by atoms with van der Waals surface area (Å²) in [5.41, 5.74) is 21.4. The van der Waals surface area contributed by atoms with Crippen LogP contribution >= 0.6 is 0 Å². The van der Waals surface area contributed by atoms with Gasteiger partial charge in [0, 0.05) is 0 Å². The molecule has 1 aromatic rings. The molecule has 7 nitrogen and oxygen atoms in total. The lowest BCUT2D eigenvalue weighted by Crippen LogP contribution is -2.38. The van der Waals surface area contributed by atoms with Crippen molar-refractivity contribution in [3.05, 3.63) is 72.3 Å². The zero-order chi connectivity index (χ0) is 19.7. The molecule has 0 fully saturated rings. The van der Waals surface area contributed by atoms with Crippen molar-refractivity contribution in [3.63, 3.8) is 0 Å². The molecule has 0 saturated carbocycles. The molecule has 8 N–H and O–H groups in total. The lowest BCUT2D eigenvalue weighted by atomic mass is 9.77. The summed E-state index contributed by atoms with van der Waals surface area (Å²) in [4.78, 5) is 8.71. The second-order valence-electron chi connectivity index (χ2n) is 7.21. The minimum atomic E-state index is -0.507. The molecule has 4 unspecified atom stereocenters. The molecule has 0 saturated heterocycles. The Labute approximate surface area is 158 Å². The third-order valence-electron chi connectivity index (χ3n) is 5.17. The summed E-state index contributed by atoms with van der Waals surface area (Å²) in [5.74, 6) is 1.61. The molecule has 7 heteroatoms. The van der Waals surface area contributed by atoms with Gasteiger partial charge in [0.2, 0.25) is 0 Å². The van der Waals surface area contributed by atoms with Gasteiger partial charge in [0.15, 0.2) is 11.9 Å². The molecular weight excluding hydrogens is 340 g/mol. The summed E-state index contributed by atoms with van der Waals surface area (Å²) in [5, 5.41) is 0. The first-order chi connectivity index (χ1) is 12.8. The molecule has 4 atom stereocenters. The SMILES string of the molecule is CC1(c2ccc(C3(C)C=CC=CC3N=C(N)N)o2)C=CC=CC1N=C(N)N. The summed E-state index contributed by atoms with van der Waals surface area (Å²) in [6.45, 7) is 4.08. The number of guanidine groups is 2.